The minimum Gasteiger partial charge on any atom is -0.491 e. The van der Waals surface area contributed by atoms with Crippen molar-refractivity contribution >= 4 is 0 Å². The molecule has 0 aliphatic heterocycles. The minimum atomic E-state index is -0.304. The van der Waals surface area contributed by atoms with Gasteiger partial charge in [0.25, 0.3) is 5.43 Å². The van der Waals surface area contributed by atoms with Crippen LogP contribution in [0, 0.1) is 11.3 Å². The normalized spacial score (nSPS) is 10.5. The molecule has 7 nitrogen and oxygen atoms in total. The Morgan fingerprint density at radius 2 is 1.83 bits per heavy atom. The second-order valence-electron chi connectivity index (χ2n) is 6.35. The summed E-state index contributed by atoms with van der Waals surface area (Å²) in [5.41, 5.74) is 2.89. The number of hydrogen-bond donors (Lipinski definition) is 0. The van der Waals surface area contributed by atoms with Crippen LogP contribution >= 0.6 is 0 Å². The van der Waals surface area contributed by atoms with Crippen molar-refractivity contribution in [3.8, 4) is 28.9 Å². The van der Waals surface area contributed by atoms with Gasteiger partial charge in [0.15, 0.2) is 11.4 Å². The third-order valence-electron chi connectivity index (χ3n) is 4.47. The van der Waals surface area contributed by atoms with Crippen LogP contribution in [0.4, 0.5) is 0 Å². The van der Waals surface area contributed by atoms with Gasteiger partial charge in [-0.05, 0) is 35.9 Å². The van der Waals surface area contributed by atoms with Crippen LogP contribution in [0.1, 0.15) is 11.1 Å². The molecule has 0 fully saturated rings. The highest BCUT2D eigenvalue weighted by molar-refractivity contribution is 5.58. The van der Waals surface area contributed by atoms with Gasteiger partial charge in [0, 0.05) is 0 Å². The molecular formula is C22H17N5O2. The van der Waals surface area contributed by atoms with Crippen LogP contribution in [0.25, 0.3) is 17.1 Å². The van der Waals surface area contributed by atoms with Crippen LogP contribution in [-0.4, -0.2) is 26.7 Å². The van der Waals surface area contributed by atoms with E-state index < -0.39 is 0 Å². The number of nitrogens with zero attached hydrogens (tertiary/aromatic N) is 5. The third kappa shape index (κ3) is 3.64. The highest BCUT2D eigenvalue weighted by atomic mass is 16.5. The molecule has 0 radical (unpaired) electrons. The Labute approximate surface area is 167 Å². The molecule has 0 saturated carbocycles. The van der Waals surface area contributed by atoms with Gasteiger partial charge in [0.05, 0.1) is 49.1 Å². The van der Waals surface area contributed by atoms with E-state index in [9.17, 15) is 4.79 Å². The van der Waals surface area contributed by atoms with Crippen molar-refractivity contribution in [3.05, 3.63) is 94.4 Å². The van der Waals surface area contributed by atoms with Gasteiger partial charge in [0.1, 0.15) is 0 Å². The zero-order chi connectivity index (χ0) is 20.2. The van der Waals surface area contributed by atoms with Gasteiger partial charge in [-0.3, -0.25) is 9.48 Å². The Morgan fingerprint density at radius 1 is 1.07 bits per heavy atom. The topological polar surface area (TPSA) is 85.7 Å². The number of nitriles is 1. The van der Waals surface area contributed by atoms with Crippen LogP contribution < -0.4 is 10.2 Å². The van der Waals surface area contributed by atoms with Crippen LogP contribution in [0.15, 0.2) is 77.9 Å². The standard InChI is InChI=1S/C22H17N5O2/c1-29-20-15-26(14-17-9-7-16(13-23)8-10-17)25-21(22(20)28)19-11-12-24-27(19)18-5-3-2-4-6-18/h2-12,15H,14H2,1H3. The van der Waals surface area contributed by atoms with Gasteiger partial charge in [-0.2, -0.15) is 15.5 Å². The molecule has 0 unspecified atom stereocenters. The van der Waals surface area contributed by atoms with Crippen molar-refractivity contribution in [2.24, 2.45) is 0 Å². The van der Waals surface area contributed by atoms with E-state index in [1.54, 1.807) is 40.0 Å². The highest BCUT2D eigenvalue weighted by Crippen LogP contribution is 2.20. The summed E-state index contributed by atoms with van der Waals surface area (Å²) in [7, 11) is 1.46. The van der Waals surface area contributed by atoms with Crippen LogP contribution in [0.3, 0.4) is 0 Å². The summed E-state index contributed by atoms with van der Waals surface area (Å²) in [6.45, 7) is 0.425. The minimum absolute atomic E-state index is 0.199. The lowest BCUT2D eigenvalue weighted by molar-refractivity contribution is 0.402. The number of benzene rings is 2. The largest absolute Gasteiger partial charge is 0.491 e. The summed E-state index contributed by atoms with van der Waals surface area (Å²) < 4.78 is 8.63. The molecule has 4 rings (SSSR count). The molecule has 7 heteroatoms. The fourth-order valence-electron chi connectivity index (χ4n) is 3.04. The van der Waals surface area contributed by atoms with Crippen molar-refractivity contribution in [1.82, 2.24) is 19.6 Å². The Morgan fingerprint density at radius 3 is 2.52 bits per heavy atom. The molecule has 2 heterocycles. The first-order valence-electron chi connectivity index (χ1n) is 8.94. The number of methoxy groups -OCH3 is 1. The van der Waals surface area contributed by atoms with Crippen molar-refractivity contribution in [3.63, 3.8) is 0 Å². The van der Waals surface area contributed by atoms with Crippen LogP contribution in [0.2, 0.25) is 0 Å². The van der Waals surface area contributed by atoms with Gasteiger partial charge in [-0.15, -0.1) is 0 Å². The van der Waals surface area contributed by atoms with Crippen LogP contribution in [-0.2, 0) is 6.54 Å². The molecule has 0 saturated heterocycles. The molecule has 2 aromatic carbocycles. The summed E-state index contributed by atoms with van der Waals surface area (Å²) in [6, 6.07) is 20.6. The molecule has 29 heavy (non-hydrogen) atoms. The van der Waals surface area contributed by atoms with Crippen molar-refractivity contribution in [1.29, 1.82) is 5.26 Å². The molecule has 0 aliphatic carbocycles. The summed E-state index contributed by atoms with van der Waals surface area (Å²) >= 11 is 0. The maximum Gasteiger partial charge on any atom is 0.251 e. The van der Waals surface area contributed by atoms with E-state index in [-0.39, 0.29) is 16.9 Å². The summed E-state index contributed by atoms with van der Waals surface area (Å²) in [6.07, 6.45) is 3.21. The summed E-state index contributed by atoms with van der Waals surface area (Å²) in [5, 5.41) is 17.8. The smallest absolute Gasteiger partial charge is 0.251 e. The number of hydrogen-bond acceptors (Lipinski definition) is 5. The summed E-state index contributed by atoms with van der Waals surface area (Å²) in [4.78, 5) is 12.9. The van der Waals surface area contributed by atoms with E-state index in [0.29, 0.717) is 17.8 Å². The fraction of sp³-hybridized carbons (Fsp3) is 0.0909. The van der Waals surface area contributed by atoms with Crippen LogP contribution in [0.5, 0.6) is 5.75 Å². The predicted octanol–water partition coefficient (Wildman–Crippen LogP) is 3.02. The van der Waals surface area contributed by atoms with E-state index in [0.717, 1.165) is 11.3 Å². The maximum absolute atomic E-state index is 12.9. The molecule has 4 aromatic rings. The average Bonchev–Trinajstić information content (AvgIpc) is 3.25. The average molecular weight is 383 g/mol. The molecule has 142 valence electrons. The molecule has 0 amide bonds. The lowest BCUT2D eigenvalue weighted by Crippen LogP contribution is -2.19. The SMILES string of the molecule is COc1cn(Cc2ccc(C#N)cc2)nc(-c2ccnn2-c2ccccc2)c1=O. The Bertz CT molecular complexity index is 1230. The predicted molar refractivity (Wildman–Crippen MR) is 108 cm³/mol. The van der Waals surface area contributed by atoms with E-state index in [1.807, 2.05) is 42.5 Å². The monoisotopic (exact) mass is 383 g/mol. The number of para-hydroxylation sites is 1. The lowest BCUT2D eigenvalue weighted by Gasteiger charge is -2.12. The van der Waals surface area contributed by atoms with E-state index in [4.69, 9.17) is 10.00 Å². The quantitative estimate of drug-likeness (QED) is 0.529. The second kappa shape index (κ2) is 7.82. The van der Waals surface area contributed by atoms with Crippen molar-refractivity contribution in [2.75, 3.05) is 7.11 Å². The van der Waals surface area contributed by atoms with Crippen molar-refractivity contribution in [2.45, 2.75) is 6.54 Å². The van der Waals surface area contributed by atoms with Crippen molar-refractivity contribution < 1.29 is 4.74 Å². The Hall–Kier alpha value is -4.18. The molecule has 0 spiro atoms. The van der Waals surface area contributed by atoms with E-state index in [2.05, 4.69) is 16.3 Å². The Balaban J connectivity index is 1.79. The molecule has 0 atom stereocenters. The van der Waals surface area contributed by atoms with Gasteiger partial charge >= 0.3 is 0 Å². The Kier molecular flexibility index (Phi) is 4.91. The van der Waals surface area contributed by atoms with Gasteiger partial charge < -0.3 is 4.74 Å². The first kappa shape index (κ1) is 18.2. The van der Waals surface area contributed by atoms with E-state index in [1.165, 1.54) is 7.11 Å². The third-order valence-corrected chi connectivity index (χ3v) is 4.47. The molecular weight excluding hydrogens is 366 g/mol. The number of rotatable bonds is 5. The molecule has 0 bridgehead atoms. The number of ether oxygens (including phenoxy) is 1. The summed E-state index contributed by atoms with van der Waals surface area (Å²) in [5.74, 6) is 0.199. The first-order chi connectivity index (χ1) is 14.2. The van der Waals surface area contributed by atoms with E-state index >= 15 is 0 Å². The van der Waals surface area contributed by atoms with Gasteiger partial charge in [-0.1, -0.05) is 30.3 Å². The molecule has 2 aromatic heterocycles. The number of aromatic nitrogens is 4. The lowest BCUT2D eigenvalue weighted by atomic mass is 10.1. The zero-order valence-electron chi connectivity index (χ0n) is 15.7. The van der Waals surface area contributed by atoms with Gasteiger partial charge in [0.2, 0.25) is 0 Å². The molecule has 0 aliphatic rings. The zero-order valence-corrected chi connectivity index (χ0v) is 15.7. The maximum atomic E-state index is 12.9. The molecule has 0 N–H and O–H groups in total. The first-order valence-corrected chi connectivity index (χ1v) is 8.94. The fourth-order valence-corrected chi connectivity index (χ4v) is 3.04. The second-order valence-corrected chi connectivity index (χ2v) is 6.35. The highest BCUT2D eigenvalue weighted by Gasteiger charge is 2.17. The van der Waals surface area contributed by atoms with Gasteiger partial charge in [-0.25, -0.2) is 4.68 Å².